The summed E-state index contributed by atoms with van der Waals surface area (Å²) in [6.45, 7) is 0. The van der Waals surface area contributed by atoms with Crippen LogP contribution >= 0.6 is 0 Å². The molecule has 1 N–H and O–H groups in total. The van der Waals surface area contributed by atoms with Crippen molar-refractivity contribution in [2.24, 2.45) is 0 Å². The van der Waals surface area contributed by atoms with Crippen molar-refractivity contribution in [3.05, 3.63) is 71.0 Å². The maximum absolute atomic E-state index is 13.2. The summed E-state index contributed by atoms with van der Waals surface area (Å²) in [6.07, 6.45) is -0.207. The lowest BCUT2D eigenvalue weighted by Crippen LogP contribution is -2.43. The van der Waals surface area contributed by atoms with Crippen LogP contribution < -0.4 is 5.32 Å². The highest BCUT2D eigenvalue weighted by Crippen LogP contribution is 2.10. The highest BCUT2D eigenvalue weighted by molar-refractivity contribution is 5.85. The molecule has 0 saturated carbocycles. The van der Waals surface area contributed by atoms with Gasteiger partial charge in [0, 0.05) is 12.5 Å². The second kappa shape index (κ2) is 8.32. The van der Waals surface area contributed by atoms with Crippen LogP contribution in [0, 0.1) is 17.5 Å². The number of ether oxygens (including phenoxy) is 1. The van der Waals surface area contributed by atoms with Crippen molar-refractivity contribution < 1.29 is 27.5 Å². The summed E-state index contributed by atoms with van der Waals surface area (Å²) in [6, 6.07) is 7.22. The molecule has 0 unspecified atom stereocenters. The first-order chi connectivity index (χ1) is 11.9. The van der Waals surface area contributed by atoms with Crippen LogP contribution in [0.15, 0.2) is 42.5 Å². The molecule has 0 spiro atoms. The fourth-order valence-electron chi connectivity index (χ4n) is 2.34. The van der Waals surface area contributed by atoms with Crippen LogP contribution in [0.25, 0.3) is 0 Å². The molecule has 2 aromatic rings. The fraction of sp³-hybridized carbons (Fsp3) is 0.222. The predicted molar refractivity (Wildman–Crippen MR) is 84.1 cm³/mol. The van der Waals surface area contributed by atoms with E-state index in [0.717, 1.165) is 12.1 Å². The second-order valence-electron chi connectivity index (χ2n) is 5.43. The molecule has 2 aromatic carbocycles. The van der Waals surface area contributed by atoms with Gasteiger partial charge >= 0.3 is 5.97 Å². The minimum absolute atomic E-state index is 0.0935. The summed E-state index contributed by atoms with van der Waals surface area (Å²) in [5, 5.41) is 2.47. The molecule has 4 nitrogen and oxygen atoms in total. The maximum atomic E-state index is 13.2. The van der Waals surface area contributed by atoms with Gasteiger partial charge in [-0.05, 0) is 35.4 Å². The number of amides is 1. The zero-order valence-electron chi connectivity index (χ0n) is 13.4. The van der Waals surface area contributed by atoms with E-state index < -0.39 is 35.4 Å². The van der Waals surface area contributed by atoms with Crippen LogP contribution in [0.1, 0.15) is 11.1 Å². The lowest BCUT2D eigenvalue weighted by molar-refractivity contribution is -0.145. The third-order valence-electron chi connectivity index (χ3n) is 3.46. The molecule has 0 aliphatic carbocycles. The summed E-state index contributed by atoms with van der Waals surface area (Å²) in [4.78, 5) is 23.9. The minimum atomic E-state index is -0.999. The van der Waals surface area contributed by atoms with E-state index >= 15 is 0 Å². The van der Waals surface area contributed by atoms with Gasteiger partial charge in [-0.3, -0.25) is 4.79 Å². The normalized spacial score (nSPS) is 11.7. The van der Waals surface area contributed by atoms with E-state index in [-0.39, 0.29) is 18.4 Å². The van der Waals surface area contributed by atoms with E-state index in [1.165, 1.54) is 31.4 Å². The molecule has 0 saturated heterocycles. The summed E-state index contributed by atoms with van der Waals surface area (Å²) in [5.74, 6) is -3.28. The third-order valence-corrected chi connectivity index (χ3v) is 3.46. The first-order valence-corrected chi connectivity index (χ1v) is 7.44. The van der Waals surface area contributed by atoms with Crippen LogP contribution in [-0.4, -0.2) is 25.0 Å². The number of methoxy groups -OCH3 is 1. The first kappa shape index (κ1) is 18.5. The summed E-state index contributed by atoms with van der Waals surface area (Å²) < 4.78 is 43.9. The quantitative estimate of drug-likeness (QED) is 0.814. The van der Waals surface area contributed by atoms with Crippen molar-refractivity contribution >= 4 is 11.9 Å². The van der Waals surface area contributed by atoms with Gasteiger partial charge in [-0.15, -0.1) is 0 Å². The van der Waals surface area contributed by atoms with Crippen molar-refractivity contribution in [2.45, 2.75) is 18.9 Å². The molecule has 1 amide bonds. The molecule has 0 bridgehead atoms. The Hall–Kier alpha value is -2.83. The molecule has 0 radical (unpaired) electrons. The second-order valence-corrected chi connectivity index (χ2v) is 5.43. The van der Waals surface area contributed by atoms with Gasteiger partial charge < -0.3 is 10.1 Å². The highest BCUT2D eigenvalue weighted by atomic mass is 19.1. The Balaban J connectivity index is 2.06. The zero-order chi connectivity index (χ0) is 18.4. The number of halogens is 3. The van der Waals surface area contributed by atoms with E-state index in [9.17, 15) is 22.8 Å². The number of benzene rings is 2. The number of rotatable bonds is 6. The minimum Gasteiger partial charge on any atom is -0.467 e. The van der Waals surface area contributed by atoms with Crippen molar-refractivity contribution in [2.75, 3.05) is 7.11 Å². The molecule has 1 atom stereocenters. The van der Waals surface area contributed by atoms with Crippen molar-refractivity contribution in [3.8, 4) is 0 Å². The molecule has 2 rings (SSSR count). The van der Waals surface area contributed by atoms with Gasteiger partial charge in [0.25, 0.3) is 0 Å². The van der Waals surface area contributed by atoms with E-state index in [0.29, 0.717) is 11.6 Å². The van der Waals surface area contributed by atoms with Gasteiger partial charge in [0.05, 0.1) is 13.5 Å². The summed E-state index contributed by atoms with van der Waals surface area (Å²) >= 11 is 0. The van der Waals surface area contributed by atoms with Crippen LogP contribution in [0.2, 0.25) is 0 Å². The summed E-state index contributed by atoms with van der Waals surface area (Å²) in [7, 11) is 1.17. The number of hydrogen-bond donors (Lipinski definition) is 1. The number of esters is 1. The molecule has 0 aromatic heterocycles. The Morgan fingerprint density at radius 3 is 2.12 bits per heavy atom. The average Bonchev–Trinajstić information content (AvgIpc) is 2.54. The average molecular weight is 351 g/mol. The highest BCUT2D eigenvalue weighted by Gasteiger charge is 2.22. The number of carbonyl (C=O) groups is 2. The van der Waals surface area contributed by atoms with Gasteiger partial charge in [-0.1, -0.05) is 12.1 Å². The Bertz CT molecular complexity index is 742. The first-order valence-electron chi connectivity index (χ1n) is 7.44. The van der Waals surface area contributed by atoms with Crippen LogP contribution in [0.5, 0.6) is 0 Å². The number of carbonyl (C=O) groups excluding carboxylic acids is 2. The smallest absolute Gasteiger partial charge is 0.328 e. The standard InChI is InChI=1S/C18H16F3NO3/c1-25-18(24)16(8-11-2-4-13(19)5-3-11)22-17(23)9-12-6-14(20)10-15(21)7-12/h2-7,10,16H,8-9H2,1H3,(H,22,23)/t16-/m1/s1. The molecular formula is C18H16F3NO3. The number of hydrogen-bond acceptors (Lipinski definition) is 3. The zero-order valence-corrected chi connectivity index (χ0v) is 13.4. The predicted octanol–water partition coefficient (Wildman–Crippen LogP) is 2.55. The van der Waals surface area contributed by atoms with Gasteiger partial charge in [0.15, 0.2) is 0 Å². The van der Waals surface area contributed by atoms with E-state index in [4.69, 9.17) is 0 Å². The molecule has 0 aliphatic rings. The molecule has 132 valence electrons. The molecule has 0 fully saturated rings. The van der Waals surface area contributed by atoms with Crippen LogP contribution in [0.3, 0.4) is 0 Å². The Morgan fingerprint density at radius 2 is 1.56 bits per heavy atom. The molecule has 0 aliphatic heterocycles. The molecule has 25 heavy (non-hydrogen) atoms. The third kappa shape index (κ3) is 5.63. The van der Waals surface area contributed by atoms with E-state index in [1.807, 2.05) is 0 Å². The fourth-order valence-corrected chi connectivity index (χ4v) is 2.34. The maximum Gasteiger partial charge on any atom is 0.328 e. The SMILES string of the molecule is COC(=O)[C@@H](Cc1ccc(F)cc1)NC(=O)Cc1cc(F)cc(F)c1. The summed E-state index contributed by atoms with van der Waals surface area (Å²) in [5.41, 5.74) is 0.759. The van der Waals surface area contributed by atoms with Crippen LogP contribution in [-0.2, 0) is 27.2 Å². The Kier molecular flexibility index (Phi) is 6.16. The van der Waals surface area contributed by atoms with E-state index in [2.05, 4.69) is 10.1 Å². The Labute approximate surface area is 142 Å². The van der Waals surface area contributed by atoms with Crippen molar-refractivity contribution in [1.82, 2.24) is 5.32 Å². The Morgan fingerprint density at radius 1 is 0.960 bits per heavy atom. The van der Waals surface area contributed by atoms with E-state index in [1.54, 1.807) is 0 Å². The van der Waals surface area contributed by atoms with Gasteiger partial charge in [-0.25, -0.2) is 18.0 Å². The van der Waals surface area contributed by atoms with Crippen molar-refractivity contribution in [3.63, 3.8) is 0 Å². The topological polar surface area (TPSA) is 55.4 Å². The molecule has 7 heteroatoms. The van der Waals surface area contributed by atoms with Crippen molar-refractivity contribution in [1.29, 1.82) is 0 Å². The number of nitrogens with one attached hydrogen (secondary N) is 1. The lowest BCUT2D eigenvalue weighted by Gasteiger charge is -2.17. The van der Waals surface area contributed by atoms with Crippen LogP contribution in [0.4, 0.5) is 13.2 Å². The molecule has 0 heterocycles. The molecular weight excluding hydrogens is 335 g/mol. The largest absolute Gasteiger partial charge is 0.467 e. The van der Waals surface area contributed by atoms with Gasteiger partial charge in [-0.2, -0.15) is 0 Å². The van der Waals surface area contributed by atoms with Gasteiger partial charge in [0.2, 0.25) is 5.91 Å². The van der Waals surface area contributed by atoms with Gasteiger partial charge in [0.1, 0.15) is 23.5 Å². The monoisotopic (exact) mass is 351 g/mol. The lowest BCUT2D eigenvalue weighted by atomic mass is 10.0.